The fourth-order valence-electron chi connectivity index (χ4n) is 4.41. The Kier molecular flexibility index (Phi) is 17.3. The first-order chi connectivity index (χ1) is 21.3. The highest BCUT2D eigenvalue weighted by molar-refractivity contribution is 5.92. The number of carbonyl (C=O) groups is 4. The number of hydrogen-bond donors (Lipinski definition) is 1. The lowest BCUT2D eigenvalue weighted by Crippen LogP contribution is -2.16. The van der Waals surface area contributed by atoms with Gasteiger partial charge in [0.2, 0.25) is 5.75 Å². The van der Waals surface area contributed by atoms with Gasteiger partial charge in [-0.1, -0.05) is 96.8 Å². The minimum Gasteiger partial charge on any atom is -0.508 e. The summed E-state index contributed by atoms with van der Waals surface area (Å²) in [5.41, 5.74) is 0.317. The molecule has 0 fully saturated rings. The Labute approximate surface area is 261 Å². The Morgan fingerprint density at radius 1 is 0.614 bits per heavy atom. The summed E-state index contributed by atoms with van der Waals surface area (Å²) in [6, 6.07) is 8.93. The molecule has 0 saturated heterocycles. The maximum atomic E-state index is 13.1. The van der Waals surface area contributed by atoms with Crippen LogP contribution in [0.25, 0.3) is 0 Å². The second-order valence-corrected chi connectivity index (χ2v) is 10.9. The van der Waals surface area contributed by atoms with Crippen molar-refractivity contribution in [3.63, 3.8) is 0 Å². The van der Waals surface area contributed by atoms with Gasteiger partial charge in [-0.3, -0.25) is 14.4 Å². The molecule has 242 valence electrons. The minimum absolute atomic E-state index is 0.0307. The van der Waals surface area contributed by atoms with E-state index in [-0.39, 0.29) is 54.4 Å². The van der Waals surface area contributed by atoms with Gasteiger partial charge in [0.05, 0.1) is 5.56 Å². The second-order valence-electron chi connectivity index (χ2n) is 10.9. The molecule has 0 bridgehead atoms. The number of hydrogen-bond acceptors (Lipinski definition) is 9. The molecule has 0 aliphatic carbocycles. The van der Waals surface area contributed by atoms with Crippen LogP contribution in [0.1, 0.15) is 133 Å². The lowest BCUT2D eigenvalue weighted by atomic mass is 10.1. The van der Waals surface area contributed by atoms with E-state index < -0.39 is 23.9 Å². The van der Waals surface area contributed by atoms with E-state index >= 15 is 0 Å². The van der Waals surface area contributed by atoms with Crippen molar-refractivity contribution in [1.82, 2.24) is 0 Å². The van der Waals surface area contributed by atoms with Crippen molar-refractivity contribution in [2.75, 3.05) is 0 Å². The van der Waals surface area contributed by atoms with Crippen LogP contribution in [0.4, 0.5) is 0 Å². The van der Waals surface area contributed by atoms with Crippen molar-refractivity contribution in [2.45, 2.75) is 124 Å². The van der Waals surface area contributed by atoms with Gasteiger partial charge in [-0.2, -0.15) is 0 Å². The predicted octanol–water partition coefficient (Wildman–Crippen LogP) is 8.38. The highest BCUT2D eigenvalue weighted by atomic mass is 16.6. The molecule has 44 heavy (non-hydrogen) atoms. The van der Waals surface area contributed by atoms with Crippen LogP contribution >= 0.6 is 0 Å². The van der Waals surface area contributed by atoms with Gasteiger partial charge in [-0.05, 0) is 37.5 Å². The van der Waals surface area contributed by atoms with Gasteiger partial charge in [0.15, 0.2) is 11.5 Å². The van der Waals surface area contributed by atoms with E-state index in [1.54, 1.807) is 18.2 Å². The molecule has 9 nitrogen and oxygen atoms in total. The number of benzene rings is 2. The molecule has 0 spiro atoms. The third-order valence-corrected chi connectivity index (χ3v) is 6.97. The minimum atomic E-state index is -0.814. The van der Waals surface area contributed by atoms with Crippen molar-refractivity contribution in [2.24, 2.45) is 0 Å². The highest BCUT2D eigenvalue weighted by Gasteiger charge is 2.25. The molecule has 0 radical (unpaired) electrons. The molecule has 9 heteroatoms. The summed E-state index contributed by atoms with van der Waals surface area (Å²) < 4.78 is 22.3. The monoisotopic (exact) mass is 612 g/mol. The molecule has 0 heterocycles. The van der Waals surface area contributed by atoms with Crippen LogP contribution in [0, 0.1) is 0 Å². The molecular weight excluding hydrogens is 564 g/mol. The van der Waals surface area contributed by atoms with Gasteiger partial charge >= 0.3 is 23.9 Å². The number of unbranched alkanes of at least 4 members (excludes halogenated alkanes) is 9. The van der Waals surface area contributed by atoms with E-state index in [4.69, 9.17) is 18.9 Å². The van der Waals surface area contributed by atoms with Crippen LogP contribution < -0.4 is 14.2 Å². The highest BCUT2D eigenvalue weighted by Crippen LogP contribution is 2.40. The number of aromatic hydroxyl groups is 1. The van der Waals surface area contributed by atoms with Gasteiger partial charge < -0.3 is 24.1 Å². The van der Waals surface area contributed by atoms with E-state index in [0.717, 1.165) is 57.8 Å². The first-order valence-electron chi connectivity index (χ1n) is 16.0. The van der Waals surface area contributed by atoms with Crippen LogP contribution in [0.5, 0.6) is 23.0 Å². The number of para-hydroxylation sites is 1. The van der Waals surface area contributed by atoms with Crippen LogP contribution in [0.3, 0.4) is 0 Å². The normalized spacial score (nSPS) is 10.7. The molecule has 0 amide bonds. The van der Waals surface area contributed by atoms with Crippen molar-refractivity contribution in [3.05, 3.63) is 47.5 Å². The molecular formula is C35H48O9. The van der Waals surface area contributed by atoms with Gasteiger partial charge in [-0.15, -0.1) is 0 Å². The topological polar surface area (TPSA) is 125 Å². The standard InChI is InChI=1S/C35H48O9/c1-4-7-10-13-20-31(37)42-29-23-27(35(40)41-25-26-18-16-17-19-28(26)36)24-30(43-32(38)21-14-11-8-5-2)34(29)44-33(39)22-15-12-9-6-3/h16-19,23-24,36H,4-15,20-22,25H2,1-3H3. The fourth-order valence-corrected chi connectivity index (χ4v) is 4.41. The quantitative estimate of drug-likeness (QED) is 0.0840. The molecule has 2 aromatic rings. The van der Waals surface area contributed by atoms with Crippen molar-refractivity contribution in [1.29, 1.82) is 0 Å². The Morgan fingerprint density at radius 2 is 1.07 bits per heavy atom. The maximum Gasteiger partial charge on any atom is 0.338 e. The molecule has 0 aliphatic rings. The zero-order valence-electron chi connectivity index (χ0n) is 26.5. The number of ether oxygens (including phenoxy) is 4. The van der Waals surface area contributed by atoms with Crippen LogP contribution in [0.15, 0.2) is 36.4 Å². The van der Waals surface area contributed by atoms with E-state index in [1.807, 2.05) is 0 Å². The Bertz CT molecular complexity index is 1160. The van der Waals surface area contributed by atoms with Crippen molar-refractivity contribution < 1.29 is 43.2 Å². The van der Waals surface area contributed by atoms with Crippen molar-refractivity contribution >= 4 is 23.9 Å². The number of esters is 4. The Balaban J connectivity index is 2.40. The predicted molar refractivity (Wildman–Crippen MR) is 167 cm³/mol. The third kappa shape index (κ3) is 13.6. The molecule has 0 unspecified atom stereocenters. The molecule has 1 N–H and O–H groups in total. The average molecular weight is 613 g/mol. The zero-order valence-corrected chi connectivity index (χ0v) is 26.5. The van der Waals surface area contributed by atoms with E-state index in [0.29, 0.717) is 24.8 Å². The van der Waals surface area contributed by atoms with Crippen LogP contribution in [0.2, 0.25) is 0 Å². The summed E-state index contributed by atoms with van der Waals surface area (Å²) >= 11 is 0. The average Bonchev–Trinajstić information content (AvgIpc) is 3.00. The largest absolute Gasteiger partial charge is 0.508 e. The molecule has 0 saturated carbocycles. The second kappa shape index (κ2) is 20.9. The third-order valence-electron chi connectivity index (χ3n) is 6.97. The summed E-state index contributed by atoms with van der Waals surface area (Å²) in [4.78, 5) is 51.6. The zero-order chi connectivity index (χ0) is 32.2. The summed E-state index contributed by atoms with van der Waals surface area (Å²) in [6.45, 7) is 5.98. The van der Waals surface area contributed by atoms with Gasteiger partial charge in [0.1, 0.15) is 12.4 Å². The summed E-state index contributed by atoms with van der Waals surface area (Å²) in [5.74, 6) is -3.21. The number of phenols is 1. The molecule has 2 aromatic carbocycles. The van der Waals surface area contributed by atoms with Crippen LogP contribution in [-0.4, -0.2) is 29.0 Å². The molecule has 0 atom stereocenters. The van der Waals surface area contributed by atoms with Crippen molar-refractivity contribution in [3.8, 4) is 23.0 Å². The van der Waals surface area contributed by atoms with E-state index in [2.05, 4.69) is 20.8 Å². The van der Waals surface area contributed by atoms with Crippen LogP contribution in [-0.2, 0) is 25.7 Å². The Hall–Kier alpha value is -3.88. The Morgan fingerprint density at radius 3 is 1.52 bits per heavy atom. The number of rotatable bonds is 21. The van der Waals surface area contributed by atoms with E-state index in [1.165, 1.54) is 18.2 Å². The SMILES string of the molecule is CCCCCCC(=O)Oc1cc(C(=O)OCc2ccccc2O)cc(OC(=O)CCCCCC)c1OC(=O)CCCCCC. The van der Waals surface area contributed by atoms with Gasteiger partial charge in [0, 0.05) is 24.8 Å². The van der Waals surface area contributed by atoms with Gasteiger partial charge in [-0.25, -0.2) is 4.79 Å². The molecule has 0 aromatic heterocycles. The summed E-state index contributed by atoms with van der Waals surface area (Å²) in [6.07, 6.45) is 10.7. The number of carbonyl (C=O) groups excluding carboxylic acids is 4. The lowest BCUT2D eigenvalue weighted by Gasteiger charge is -2.17. The maximum absolute atomic E-state index is 13.1. The smallest absolute Gasteiger partial charge is 0.338 e. The lowest BCUT2D eigenvalue weighted by molar-refractivity contribution is -0.138. The van der Waals surface area contributed by atoms with E-state index in [9.17, 15) is 24.3 Å². The van der Waals surface area contributed by atoms with Gasteiger partial charge in [0.25, 0.3) is 0 Å². The molecule has 0 aliphatic heterocycles. The first kappa shape index (κ1) is 36.3. The molecule has 2 rings (SSSR count). The fraction of sp³-hybridized carbons (Fsp3) is 0.543. The summed E-state index contributed by atoms with van der Waals surface area (Å²) in [5, 5.41) is 10.0. The first-order valence-corrected chi connectivity index (χ1v) is 16.0. The number of phenolic OH excluding ortho intramolecular Hbond substituents is 1. The summed E-state index contributed by atoms with van der Waals surface area (Å²) in [7, 11) is 0.